The summed E-state index contributed by atoms with van der Waals surface area (Å²) in [4.78, 5) is 0. The molecule has 0 aliphatic heterocycles. The second kappa shape index (κ2) is 8.31. The summed E-state index contributed by atoms with van der Waals surface area (Å²) in [6.07, 6.45) is 9.76. The molecule has 1 aliphatic carbocycles. The topological polar surface area (TPSA) is 21.3 Å². The largest absolute Gasteiger partial charge is 0.494 e. The number of benzene rings is 1. The van der Waals surface area contributed by atoms with Gasteiger partial charge in [0.05, 0.1) is 6.61 Å². The van der Waals surface area contributed by atoms with E-state index in [0.29, 0.717) is 6.04 Å². The van der Waals surface area contributed by atoms with Gasteiger partial charge >= 0.3 is 0 Å². The lowest BCUT2D eigenvalue weighted by molar-refractivity contribution is 0.337. The van der Waals surface area contributed by atoms with Gasteiger partial charge in [-0.3, -0.25) is 0 Å². The minimum atomic E-state index is 0.457. The molecule has 2 nitrogen and oxygen atoms in total. The van der Waals surface area contributed by atoms with Crippen LogP contribution in [-0.4, -0.2) is 13.7 Å². The molecule has 112 valence electrons. The molecular formula is C18H29NO. The number of nitrogens with one attached hydrogen (secondary N) is 1. The van der Waals surface area contributed by atoms with Crippen molar-refractivity contribution in [3.63, 3.8) is 0 Å². The van der Waals surface area contributed by atoms with Crippen LogP contribution in [0.3, 0.4) is 0 Å². The van der Waals surface area contributed by atoms with Crippen LogP contribution in [0, 0.1) is 5.92 Å². The van der Waals surface area contributed by atoms with Crippen LogP contribution in [0.4, 0.5) is 0 Å². The van der Waals surface area contributed by atoms with E-state index in [0.717, 1.165) is 18.3 Å². The second-order valence-corrected chi connectivity index (χ2v) is 5.94. The van der Waals surface area contributed by atoms with Gasteiger partial charge in [-0.2, -0.15) is 0 Å². The van der Waals surface area contributed by atoms with Crippen molar-refractivity contribution >= 4 is 0 Å². The van der Waals surface area contributed by atoms with Crippen LogP contribution in [0.2, 0.25) is 0 Å². The number of ether oxygens (including phenoxy) is 1. The van der Waals surface area contributed by atoms with Crippen LogP contribution in [0.1, 0.15) is 63.5 Å². The molecule has 1 aliphatic rings. The van der Waals surface area contributed by atoms with Crippen molar-refractivity contribution in [2.45, 2.75) is 57.9 Å². The summed E-state index contributed by atoms with van der Waals surface area (Å²) in [6, 6.07) is 9.03. The third-order valence-electron chi connectivity index (χ3n) is 4.46. The van der Waals surface area contributed by atoms with Crippen molar-refractivity contribution in [2.75, 3.05) is 13.7 Å². The number of rotatable bonds is 6. The Bertz CT molecular complexity index is 383. The van der Waals surface area contributed by atoms with Crippen LogP contribution in [0.15, 0.2) is 24.3 Å². The zero-order valence-electron chi connectivity index (χ0n) is 13.0. The minimum Gasteiger partial charge on any atom is -0.494 e. The molecule has 1 aromatic carbocycles. The van der Waals surface area contributed by atoms with Gasteiger partial charge in [-0.15, -0.1) is 0 Å². The molecule has 0 aromatic heterocycles. The van der Waals surface area contributed by atoms with Gasteiger partial charge in [0.15, 0.2) is 0 Å². The molecule has 0 radical (unpaired) electrons. The first kappa shape index (κ1) is 15.4. The molecule has 0 amide bonds. The standard InChI is InChI=1S/C18H29NO/c1-3-20-17-12-8-11-16(14-17)18(19-2)13-15-9-6-4-5-7-10-15/h8,11-12,14-15,18-19H,3-7,9-10,13H2,1-2H3. The van der Waals surface area contributed by atoms with Gasteiger partial charge in [-0.05, 0) is 44.0 Å². The first-order valence-electron chi connectivity index (χ1n) is 8.23. The predicted molar refractivity (Wildman–Crippen MR) is 85.2 cm³/mol. The van der Waals surface area contributed by atoms with Gasteiger partial charge in [-0.25, -0.2) is 0 Å². The molecule has 0 spiro atoms. The minimum absolute atomic E-state index is 0.457. The van der Waals surface area contributed by atoms with Crippen molar-refractivity contribution < 1.29 is 4.74 Å². The molecule has 0 saturated heterocycles. The third kappa shape index (κ3) is 4.52. The van der Waals surface area contributed by atoms with Crippen molar-refractivity contribution in [2.24, 2.45) is 5.92 Å². The Hall–Kier alpha value is -1.02. The van der Waals surface area contributed by atoms with Crippen molar-refractivity contribution in [1.82, 2.24) is 5.32 Å². The summed E-state index contributed by atoms with van der Waals surface area (Å²) >= 11 is 0. The van der Waals surface area contributed by atoms with E-state index in [9.17, 15) is 0 Å². The lowest BCUT2D eigenvalue weighted by atomic mass is 9.89. The van der Waals surface area contributed by atoms with E-state index in [4.69, 9.17) is 4.74 Å². The van der Waals surface area contributed by atoms with E-state index in [-0.39, 0.29) is 0 Å². The van der Waals surface area contributed by atoms with E-state index in [1.54, 1.807) is 0 Å². The number of hydrogen-bond donors (Lipinski definition) is 1. The summed E-state index contributed by atoms with van der Waals surface area (Å²) in [5.41, 5.74) is 1.36. The van der Waals surface area contributed by atoms with Crippen LogP contribution >= 0.6 is 0 Å². The van der Waals surface area contributed by atoms with Crippen LogP contribution in [0.25, 0.3) is 0 Å². The Morgan fingerprint density at radius 1 is 1.20 bits per heavy atom. The molecule has 1 fully saturated rings. The molecule has 0 bridgehead atoms. The Morgan fingerprint density at radius 2 is 1.95 bits per heavy atom. The lowest BCUT2D eigenvalue weighted by Gasteiger charge is -2.23. The van der Waals surface area contributed by atoms with Gasteiger partial charge < -0.3 is 10.1 Å². The van der Waals surface area contributed by atoms with Gasteiger partial charge in [0, 0.05) is 6.04 Å². The molecule has 1 aromatic rings. The highest BCUT2D eigenvalue weighted by atomic mass is 16.5. The Balaban J connectivity index is 2.01. The molecule has 1 saturated carbocycles. The van der Waals surface area contributed by atoms with E-state index < -0.39 is 0 Å². The van der Waals surface area contributed by atoms with E-state index in [2.05, 4.69) is 30.6 Å². The fourth-order valence-corrected chi connectivity index (χ4v) is 3.34. The predicted octanol–water partition coefficient (Wildman–Crippen LogP) is 4.71. The van der Waals surface area contributed by atoms with Gasteiger partial charge in [0.25, 0.3) is 0 Å². The van der Waals surface area contributed by atoms with Crippen molar-refractivity contribution in [3.05, 3.63) is 29.8 Å². The fraction of sp³-hybridized carbons (Fsp3) is 0.667. The summed E-state index contributed by atoms with van der Waals surface area (Å²) in [5, 5.41) is 3.50. The van der Waals surface area contributed by atoms with Crippen LogP contribution in [-0.2, 0) is 0 Å². The third-order valence-corrected chi connectivity index (χ3v) is 4.46. The summed E-state index contributed by atoms with van der Waals surface area (Å²) < 4.78 is 5.62. The Kier molecular flexibility index (Phi) is 6.38. The first-order chi connectivity index (χ1) is 9.83. The van der Waals surface area contributed by atoms with Gasteiger partial charge in [0.1, 0.15) is 5.75 Å². The van der Waals surface area contributed by atoms with Crippen LogP contribution < -0.4 is 10.1 Å². The van der Waals surface area contributed by atoms with Crippen molar-refractivity contribution in [3.8, 4) is 5.75 Å². The molecule has 0 heterocycles. The monoisotopic (exact) mass is 275 g/mol. The summed E-state index contributed by atoms with van der Waals surface area (Å²) in [7, 11) is 2.08. The smallest absolute Gasteiger partial charge is 0.119 e. The Morgan fingerprint density at radius 3 is 2.60 bits per heavy atom. The molecule has 2 rings (SSSR count). The fourth-order valence-electron chi connectivity index (χ4n) is 3.34. The maximum absolute atomic E-state index is 5.62. The molecule has 1 unspecified atom stereocenters. The van der Waals surface area contributed by atoms with Gasteiger partial charge in [-0.1, -0.05) is 50.7 Å². The molecule has 20 heavy (non-hydrogen) atoms. The maximum Gasteiger partial charge on any atom is 0.119 e. The summed E-state index contributed by atoms with van der Waals surface area (Å²) in [5.74, 6) is 1.87. The van der Waals surface area contributed by atoms with E-state index in [1.807, 2.05) is 13.0 Å². The highest BCUT2D eigenvalue weighted by Gasteiger charge is 2.18. The highest BCUT2D eigenvalue weighted by Crippen LogP contribution is 2.31. The quantitative estimate of drug-likeness (QED) is 0.759. The lowest BCUT2D eigenvalue weighted by Crippen LogP contribution is -2.20. The first-order valence-corrected chi connectivity index (χ1v) is 8.23. The normalized spacial score (nSPS) is 18.5. The van der Waals surface area contributed by atoms with Gasteiger partial charge in [0.2, 0.25) is 0 Å². The molecular weight excluding hydrogens is 246 g/mol. The van der Waals surface area contributed by atoms with E-state index >= 15 is 0 Å². The highest BCUT2D eigenvalue weighted by molar-refractivity contribution is 5.30. The Labute approximate surface area is 123 Å². The zero-order valence-corrected chi connectivity index (χ0v) is 13.0. The maximum atomic E-state index is 5.62. The SMILES string of the molecule is CCOc1cccc(C(CC2CCCCCC2)NC)c1. The summed E-state index contributed by atoms with van der Waals surface area (Å²) in [6.45, 7) is 2.77. The molecule has 2 heteroatoms. The molecule has 1 N–H and O–H groups in total. The van der Waals surface area contributed by atoms with E-state index in [1.165, 1.54) is 50.5 Å². The average Bonchev–Trinajstić information content (AvgIpc) is 2.74. The zero-order chi connectivity index (χ0) is 14.2. The van der Waals surface area contributed by atoms with Crippen LogP contribution in [0.5, 0.6) is 5.75 Å². The average molecular weight is 275 g/mol. The molecule has 1 atom stereocenters. The van der Waals surface area contributed by atoms with Crippen molar-refractivity contribution in [1.29, 1.82) is 0 Å². The second-order valence-electron chi connectivity index (χ2n) is 5.94. The number of hydrogen-bond acceptors (Lipinski definition) is 2.